The van der Waals surface area contributed by atoms with Crippen LogP contribution in [0.4, 0.5) is 5.69 Å². The summed E-state index contributed by atoms with van der Waals surface area (Å²) in [6.45, 7) is 2.38. The molecule has 4 rings (SSSR count). The Labute approximate surface area is 173 Å². The van der Waals surface area contributed by atoms with Crippen LogP contribution < -0.4 is 14.4 Å². The quantitative estimate of drug-likeness (QED) is 0.622. The van der Waals surface area contributed by atoms with Gasteiger partial charge in [-0.15, -0.1) is 0 Å². The maximum absolute atomic E-state index is 12.6. The zero-order chi connectivity index (χ0) is 20.5. The minimum atomic E-state index is -0.154. The average Bonchev–Trinajstić information content (AvgIpc) is 3.36. The van der Waals surface area contributed by atoms with Gasteiger partial charge in [0.05, 0.1) is 14.2 Å². The Morgan fingerprint density at radius 3 is 2.72 bits per heavy atom. The lowest BCUT2D eigenvalue weighted by molar-refractivity contribution is -0.117. The second kappa shape index (κ2) is 7.75. The van der Waals surface area contributed by atoms with E-state index in [1.807, 2.05) is 31.2 Å². The summed E-state index contributed by atoms with van der Waals surface area (Å²) in [5.74, 6) is 1.92. The Balaban J connectivity index is 1.58. The number of carbonyl (C=O) groups is 1. The third-order valence-electron chi connectivity index (χ3n) is 5.09. The molecule has 1 aromatic heterocycles. The van der Waals surface area contributed by atoms with Crippen molar-refractivity contribution in [3.8, 4) is 23.0 Å². The van der Waals surface area contributed by atoms with Crippen molar-refractivity contribution in [1.29, 1.82) is 0 Å². The highest BCUT2D eigenvalue weighted by Crippen LogP contribution is 2.36. The van der Waals surface area contributed by atoms with E-state index in [1.165, 1.54) is 0 Å². The Hall–Kier alpha value is -3.06. The molecule has 0 saturated carbocycles. The van der Waals surface area contributed by atoms with Crippen LogP contribution in [0.15, 0.2) is 40.9 Å². The van der Waals surface area contributed by atoms with Crippen molar-refractivity contribution in [2.24, 2.45) is 0 Å². The molecule has 1 atom stereocenters. The predicted octanol–water partition coefficient (Wildman–Crippen LogP) is 4.24. The molecule has 0 radical (unpaired) electrons. The number of hydrogen-bond acceptors (Lipinski definition) is 6. The van der Waals surface area contributed by atoms with Gasteiger partial charge in [0, 0.05) is 35.2 Å². The summed E-state index contributed by atoms with van der Waals surface area (Å²) in [7, 11) is 3.14. The summed E-state index contributed by atoms with van der Waals surface area (Å²) in [5, 5.41) is 4.75. The van der Waals surface area contributed by atoms with E-state index in [1.54, 1.807) is 31.3 Å². The Morgan fingerprint density at radius 1 is 1.17 bits per heavy atom. The third kappa shape index (κ3) is 3.53. The van der Waals surface area contributed by atoms with Crippen molar-refractivity contribution < 1.29 is 18.8 Å². The van der Waals surface area contributed by atoms with Crippen LogP contribution in [0, 0.1) is 6.92 Å². The second-order valence-electron chi connectivity index (χ2n) is 6.82. The molecule has 1 amide bonds. The molecule has 3 aromatic rings. The standard InChI is InChI=1S/C21H20ClN3O4/c1-12-15(22)5-4-6-16(12)25-11-14(10-19(25)26)20-23-21(29-24-20)13-7-8-17(27-2)18(9-13)28-3/h4-9,14H,10-11H2,1-3H3. The van der Waals surface area contributed by atoms with Crippen LogP contribution in [-0.2, 0) is 4.79 Å². The number of aromatic nitrogens is 2. The maximum Gasteiger partial charge on any atom is 0.258 e. The Morgan fingerprint density at radius 2 is 1.97 bits per heavy atom. The van der Waals surface area contributed by atoms with Crippen LogP contribution in [0.25, 0.3) is 11.5 Å². The van der Waals surface area contributed by atoms with Crippen molar-refractivity contribution in [1.82, 2.24) is 10.1 Å². The van der Waals surface area contributed by atoms with Gasteiger partial charge in [0.1, 0.15) is 0 Å². The normalized spacial score (nSPS) is 16.3. The van der Waals surface area contributed by atoms with E-state index < -0.39 is 0 Å². The molecule has 0 N–H and O–H groups in total. The van der Waals surface area contributed by atoms with Crippen molar-refractivity contribution in [2.75, 3.05) is 25.7 Å². The number of rotatable bonds is 5. The van der Waals surface area contributed by atoms with Gasteiger partial charge >= 0.3 is 0 Å². The van der Waals surface area contributed by atoms with Crippen LogP contribution in [0.5, 0.6) is 11.5 Å². The van der Waals surface area contributed by atoms with E-state index in [0.29, 0.717) is 46.8 Å². The van der Waals surface area contributed by atoms with E-state index in [4.69, 9.17) is 25.6 Å². The average molecular weight is 414 g/mol. The molecule has 2 heterocycles. The van der Waals surface area contributed by atoms with Gasteiger partial charge in [-0.3, -0.25) is 4.79 Å². The molecule has 1 unspecified atom stereocenters. The van der Waals surface area contributed by atoms with E-state index in [-0.39, 0.29) is 11.8 Å². The molecule has 1 aliphatic rings. The van der Waals surface area contributed by atoms with Gasteiger partial charge in [0.2, 0.25) is 5.91 Å². The van der Waals surface area contributed by atoms with Gasteiger partial charge in [-0.25, -0.2) is 0 Å². The number of carbonyl (C=O) groups excluding carboxylic acids is 1. The molecular weight excluding hydrogens is 394 g/mol. The smallest absolute Gasteiger partial charge is 0.258 e. The molecule has 1 saturated heterocycles. The topological polar surface area (TPSA) is 77.7 Å². The lowest BCUT2D eigenvalue weighted by Gasteiger charge is -2.19. The second-order valence-corrected chi connectivity index (χ2v) is 7.22. The van der Waals surface area contributed by atoms with Crippen molar-refractivity contribution >= 4 is 23.2 Å². The Bertz CT molecular complexity index is 1070. The van der Waals surface area contributed by atoms with Crippen LogP contribution in [0.2, 0.25) is 5.02 Å². The fraction of sp³-hybridized carbons (Fsp3) is 0.286. The SMILES string of the molecule is COc1ccc(-c2nc(C3CC(=O)N(c4cccc(Cl)c4C)C3)no2)cc1OC. The monoisotopic (exact) mass is 413 g/mol. The molecule has 150 valence electrons. The van der Waals surface area contributed by atoms with Crippen molar-refractivity contribution in [3.05, 3.63) is 52.8 Å². The van der Waals surface area contributed by atoms with Gasteiger partial charge in [-0.1, -0.05) is 22.8 Å². The van der Waals surface area contributed by atoms with Gasteiger partial charge in [0.15, 0.2) is 17.3 Å². The molecule has 2 aromatic carbocycles. The highest BCUT2D eigenvalue weighted by molar-refractivity contribution is 6.31. The molecule has 0 aliphatic carbocycles. The van der Waals surface area contributed by atoms with E-state index in [2.05, 4.69) is 10.1 Å². The lowest BCUT2D eigenvalue weighted by Crippen LogP contribution is -2.25. The first-order valence-corrected chi connectivity index (χ1v) is 9.51. The molecule has 8 heteroatoms. The number of ether oxygens (including phenoxy) is 2. The summed E-state index contributed by atoms with van der Waals surface area (Å²) in [6.07, 6.45) is 0.316. The first-order valence-electron chi connectivity index (χ1n) is 9.13. The zero-order valence-electron chi connectivity index (χ0n) is 16.3. The summed E-state index contributed by atoms with van der Waals surface area (Å²) in [6, 6.07) is 10.9. The number of methoxy groups -OCH3 is 2. The minimum Gasteiger partial charge on any atom is -0.493 e. The molecule has 7 nitrogen and oxygen atoms in total. The number of amides is 1. The lowest BCUT2D eigenvalue weighted by atomic mass is 10.1. The summed E-state index contributed by atoms with van der Waals surface area (Å²) >= 11 is 6.21. The fourth-order valence-electron chi connectivity index (χ4n) is 3.49. The number of nitrogens with zero attached hydrogens (tertiary/aromatic N) is 3. The van der Waals surface area contributed by atoms with Gasteiger partial charge in [0.25, 0.3) is 5.89 Å². The molecular formula is C21H20ClN3O4. The molecule has 0 bridgehead atoms. The number of anilines is 1. The fourth-order valence-corrected chi connectivity index (χ4v) is 3.66. The number of halogens is 1. The highest BCUT2D eigenvalue weighted by Gasteiger charge is 2.35. The minimum absolute atomic E-state index is 0.0119. The van der Waals surface area contributed by atoms with Gasteiger partial charge in [-0.05, 0) is 42.8 Å². The summed E-state index contributed by atoms with van der Waals surface area (Å²) < 4.78 is 16.0. The molecule has 29 heavy (non-hydrogen) atoms. The van der Waals surface area contributed by atoms with E-state index in [9.17, 15) is 4.79 Å². The largest absolute Gasteiger partial charge is 0.493 e. The van der Waals surface area contributed by atoms with Crippen molar-refractivity contribution in [2.45, 2.75) is 19.3 Å². The summed E-state index contributed by atoms with van der Waals surface area (Å²) in [5.41, 5.74) is 2.41. The van der Waals surface area contributed by atoms with Gasteiger partial charge in [-0.2, -0.15) is 4.98 Å². The molecule has 1 aliphatic heterocycles. The van der Waals surface area contributed by atoms with E-state index >= 15 is 0 Å². The first-order chi connectivity index (χ1) is 14.0. The van der Waals surface area contributed by atoms with Gasteiger partial charge < -0.3 is 18.9 Å². The van der Waals surface area contributed by atoms with Crippen LogP contribution >= 0.6 is 11.6 Å². The zero-order valence-corrected chi connectivity index (χ0v) is 17.1. The van der Waals surface area contributed by atoms with Crippen LogP contribution in [-0.4, -0.2) is 36.8 Å². The summed E-state index contributed by atoms with van der Waals surface area (Å²) in [4.78, 5) is 18.9. The first kappa shape index (κ1) is 19.3. The molecule has 0 spiro atoms. The number of benzene rings is 2. The Kier molecular flexibility index (Phi) is 5.15. The van der Waals surface area contributed by atoms with Crippen molar-refractivity contribution in [3.63, 3.8) is 0 Å². The highest BCUT2D eigenvalue weighted by atomic mass is 35.5. The van der Waals surface area contributed by atoms with E-state index in [0.717, 1.165) is 11.3 Å². The maximum atomic E-state index is 12.6. The van der Waals surface area contributed by atoms with Crippen LogP contribution in [0.3, 0.4) is 0 Å². The van der Waals surface area contributed by atoms with Crippen LogP contribution in [0.1, 0.15) is 23.7 Å². The predicted molar refractivity (Wildman–Crippen MR) is 109 cm³/mol. The molecule has 1 fully saturated rings. The third-order valence-corrected chi connectivity index (χ3v) is 5.50. The number of hydrogen-bond donors (Lipinski definition) is 0.